The molecule has 1 aliphatic rings. The van der Waals surface area contributed by atoms with Crippen molar-refractivity contribution in [1.82, 2.24) is 9.80 Å². The van der Waals surface area contributed by atoms with Gasteiger partial charge in [0.15, 0.2) is 0 Å². The van der Waals surface area contributed by atoms with E-state index in [0.29, 0.717) is 0 Å². The second-order valence-corrected chi connectivity index (χ2v) is 6.18. The van der Waals surface area contributed by atoms with Crippen molar-refractivity contribution in [2.75, 3.05) is 32.7 Å². The van der Waals surface area contributed by atoms with Crippen LogP contribution in [-0.4, -0.2) is 53.6 Å². The van der Waals surface area contributed by atoms with Crippen LogP contribution >= 0.6 is 11.3 Å². The molecule has 1 aliphatic heterocycles. The van der Waals surface area contributed by atoms with Gasteiger partial charge in [0.25, 0.3) is 0 Å². The fourth-order valence-electron chi connectivity index (χ4n) is 2.32. The molecule has 0 saturated carbocycles. The minimum absolute atomic E-state index is 0.173. The molecule has 1 saturated heterocycles. The summed E-state index contributed by atoms with van der Waals surface area (Å²) in [4.78, 5) is 17.9. The Morgan fingerprint density at radius 3 is 2.67 bits per heavy atom. The number of hydrogen-bond donors (Lipinski definition) is 1. The molecule has 0 aromatic carbocycles. The van der Waals surface area contributed by atoms with Gasteiger partial charge in [0.1, 0.15) is 0 Å². The van der Waals surface area contributed by atoms with Gasteiger partial charge in [-0.05, 0) is 32.0 Å². The number of carbonyl (C=O) groups is 1. The summed E-state index contributed by atoms with van der Waals surface area (Å²) < 4.78 is 0. The van der Waals surface area contributed by atoms with Crippen molar-refractivity contribution in [3.8, 4) is 0 Å². The first-order chi connectivity index (χ1) is 8.63. The number of aryl methyl sites for hydroxylation is 1. The molecule has 0 amide bonds. The van der Waals surface area contributed by atoms with Crippen LogP contribution in [0, 0.1) is 6.92 Å². The molecule has 0 unspecified atom stereocenters. The van der Waals surface area contributed by atoms with Crippen LogP contribution in [-0.2, 0) is 11.3 Å². The smallest absolute Gasteiger partial charge is 0.317 e. The Morgan fingerprint density at radius 2 is 2.00 bits per heavy atom. The summed E-state index contributed by atoms with van der Waals surface area (Å²) in [6.45, 7) is 7.08. The van der Waals surface area contributed by atoms with Crippen LogP contribution in [0.1, 0.15) is 16.2 Å². The van der Waals surface area contributed by atoms with Gasteiger partial charge in [0, 0.05) is 35.9 Å². The minimum atomic E-state index is -0.725. The van der Waals surface area contributed by atoms with Crippen molar-refractivity contribution < 1.29 is 9.90 Å². The van der Waals surface area contributed by atoms with E-state index in [1.807, 2.05) is 16.2 Å². The first kappa shape index (κ1) is 13.5. The molecule has 4 nitrogen and oxygen atoms in total. The van der Waals surface area contributed by atoms with Crippen LogP contribution < -0.4 is 0 Å². The number of rotatable bonds is 4. The zero-order valence-electron chi connectivity index (χ0n) is 10.8. The molecule has 2 rings (SSSR count). The van der Waals surface area contributed by atoms with E-state index < -0.39 is 5.97 Å². The van der Waals surface area contributed by atoms with Crippen LogP contribution in [0.25, 0.3) is 0 Å². The SMILES string of the molecule is Cc1ccc(CN2CCCN(CC(=O)O)CC2)s1. The summed E-state index contributed by atoms with van der Waals surface area (Å²) in [5, 5.41) is 8.81. The van der Waals surface area contributed by atoms with Crippen LogP contribution in [0.3, 0.4) is 0 Å². The van der Waals surface area contributed by atoms with E-state index in [1.54, 1.807) is 0 Å². The highest BCUT2D eigenvalue weighted by Crippen LogP contribution is 2.17. The minimum Gasteiger partial charge on any atom is -0.480 e. The molecule has 18 heavy (non-hydrogen) atoms. The average molecular weight is 268 g/mol. The topological polar surface area (TPSA) is 43.8 Å². The van der Waals surface area contributed by atoms with Crippen molar-refractivity contribution in [2.45, 2.75) is 19.9 Å². The zero-order valence-corrected chi connectivity index (χ0v) is 11.6. The van der Waals surface area contributed by atoms with Crippen LogP contribution in [0.5, 0.6) is 0 Å². The molecular formula is C13H20N2O2S. The third-order valence-electron chi connectivity index (χ3n) is 3.22. The first-order valence-electron chi connectivity index (χ1n) is 6.35. The van der Waals surface area contributed by atoms with E-state index in [4.69, 9.17) is 5.11 Å². The van der Waals surface area contributed by atoms with Crippen LogP contribution in [0.15, 0.2) is 12.1 Å². The van der Waals surface area contributed by atoms with Gasteiger partial charge in [0.05, 0.1) is 6.54 Å². The summed E-state index contributed by atoms with van der Waals surface area (Å²) in [5.41, 5.74) is 0. The fraction of sp³-hybridized carbons (Fsp3) is 0.615. The highest BCUT2D eigenvalue weighted by Gasteiger charge is 2.16. The monoisotopic (exact) mass is 268 g/mol. The van der Waals surface area contributed by atoms with Gasteiger partial charge >= 0.3 is 5.97 Å². The third-order valence-corrected chi connectivity index (χ3v) is 4.20. The molecule has 100 valence electrons. The third kappa shape index (κ3) is 4.08. The van der Waals surface area contributed by atoms with Crippen molar-refractivity contribution >= 4 is 17.3 Å². The number of hydrogen-bond acceptors (Lipinski definition) is 4. The van der Waals surface area contributed by atoms with Gasteiger partial charge in [-0.3, -0.25) is 14.6 Å². The molecule has 2 heterocycles. The lowest BCUT2D eigenvalue weighted by Crippen LogP contribution is -2.33. The predicted molar refractivity (Wildman–Crippen MR) is 73.0 cm³/mol. The molecule has 1 fully saturated rings. The maximum atomic E-state index is 10.7. The number of aliphatic carboxylic acids is 1. The summed E-state index contributed by atoms with van der Waals surface area (Å²) in [6.07, 6.45) is 1.05. The maximum absolute atomic E-state index is 10.7. The van der Waals surface area contributed by atoms with Gasteiger partial charge in [-0.15, -0.1) is 11.3 Å². The van der Waals surface area contributed by atoms with Gasteiger partial charge in [0.2, 0.25) is 0 Å². The molecule has 5 heteroatoms. The second kappa shape index (κ2) is 6.31. The van der Waals surface area contributed by atoms with E-state index in [0.717, 1.165) is 39.1 Å². The van der Waals surface area contributed by atoms with E-state index in [9.17, 15) is 4.79 Å². The normalized spacial score (nSPS) is 18.7. The van der Waals surface area contributed by atoms with Crippen molar-refractivity contribution in [3.05, 3.63) is 21.9 Å². The lowest BCUT2D eigenvalue weighted by Gasteiger charge is -2.20. The van der Waals surface area contributed by atoms with Gasteiger partial charge in [-0.1, -0.05) is 0 Å². The maximum Gasteiger partial charge on any atom is 0.317 e. The number of carboxylic acid groups (broad SMARTS) is 1. The Balaban J connectivity index is 1.83. The Kier molecular flexibility index (Phi) is 4.74. The van der Waals surface area contributed by atoms with Crippen molar-refractivity contribution in [1.29, 1.82) is 0 Å². The summed E-state index contributed by atoms with van der Waals surface area (Å²) in [6, 6.07) is 4.36. The molecule has 1 aromatic rings. The van der Waals surface area contributed by atoms with E-state index in [1.165, 1.54) is 9.75 Å². The number of thiophene rings is 1. The highest BCUT2D eigenvalue weighted by atomic mass is 32.1. The standard InChI is InChI=1S/C13H20N2O2S/c1-11-3-4-12(18-11)9-14-5-2-6-15(8-7-14)10-13(16)17/h3-4H,2,5-10H2,1H3,(H,16,17). The van der Waals surface area contributed by atoms with E-state index in [2.05, 4.69) is 24.0 Å². The quantitative estimate of drug-likeness (QED) is 0.902. The van der Waals surface area contributed by atoms with Crippen LogP contribution in [0.2, 0.25) is 0 Å². The Hall–Kier alpha value is -0.910. The predicted octanol–water partition coefficient (Wildman–Crippen LogP) is 1.65. The lowest BCUT2D eigenvalue weighted by molar-refractivity contribution is -0.138. The average Bonchev–Trinajstić information content (AvgIpc) is 2.57. The summed E-state index contributed by atoms with van der Waals surface area (Å²) in [7, 11) is 0. The van der Waals surface area contributed by atoms with E-state index >= 15 is 0 Å². The highest BCUT2D eigenvalue weighted by molar-refractivity contribution is 7.11. The molecule has 0 radical (unpaired) electrons. The van der Waals surface area contributed by atoms with Crippen molar-refractivity contribution in [3.63, 3.8) is 0 Å². The Morgan fingerprint density at radius 1 is 1.28 bits per heavy atom. The Labute approximate surface area is 112 Å². The molecule has 1 N–H and O–H groups in total. The number of carboxylic acids is 1. The molecule has 0 aliphatic carbocycles. The molecule has 0 atom stereocenters. The summed E-state index contributed by atoms with van der Waals surface area (Å²) >= 11 is 1.85. The summed E-state index contributed by atoms with van der Waals surface area (Å²) in [5.74, 6) is -0.725. The van der Waals surface area contributed by atoms with E-state index in [-0.39, 0.29) is 6.54 Å². The Bertz CT molecular complexity index is 405. The van der Waals surface area contributed by atoms with Crippen LogP contribution in [0.4, 0.5) is 0 Å². The molecule has 1 aromatic heterocycles. The first-order valence-corrected chi connectivity index (χ1v) is 7.17. The lowest BCUT2D eigenvalue weighted by atomic mass is 10.3. The largest absolute Gasteiger partial charge is 0.480 e. The van der Waals surface area contributed by atoms with Gasteiger partial charge < -0.3 is 5.11 Å². The fourth-order valence-corrected chi connectivity index (χ4v) is 3.26. The van der Waals surface area contributed by atoms with Gasteiger partial charge in [-0.25, -0.2) is 0 Å². The number of nitrogens with zero attached hydrogens (tertiary/aromatic N) is 2. The molecule has 0 bridgehead atoms. The molecule has 0 spiro atoms. The second-order valence-electron chi connectivity index (χ2n) is 4.81. The zero-order chi connectivity index (χ0) is 13.0. The van der Waals surface area contributed by atoms with Gasteiger partial charge in [-0.2, -0.15) is 0 Å². The van der Waals surface area contributed by atoms with Crippen molar-refractivity contribution in [2.24, 2.45) is 0 Å². The molecular weight excluding hydrogens is 248 g/mol.